The molecule has 4 heteroatoms. The molecule has 0 atom stereocenters. The van der Waals surface area contributed by atoms with Gasteiger partial charge in [0.2, 0.25) is 0 Å². The standard InChI is InChI=1S/C18H13NO3/c20-18-16(13-7-3-1-4-8-13)11-15(19(21)22)12-17(18)14-9-5-2-6-10-14/h1-12,20H/p-1. The van der Waals surface area contributed by atoms with Crippen molar-refractivity contribution in [2.45, 2.75) is 0 Å². The lowest BCUT2D eigenvalue weighted by Gasteiger charge is -2.19. The summed E-state index contributed by atoms with van der Waals surface area (Å²) in [5.74, 6) is -0.206. The smallest absolute Gasteiger partial charge is 0.270 e. The zero-order valence-corrected chi connectivity index (χ0v) is 11.6. The third-order valence-electron chi connectivity index (χ3n) is 3.45. The minimum atomic E-state index is -0.474. The SMILES string of the molecule is O=[N+]([O-])c1cc(-c2ccccc2)c([O-])c(-c2ccccc2)c1. The molecule has 0 saturated heterocycles. The minimum absolute atomic E-state index is 0.0858. The zero-order valence-electron chi connectivity index (χ0n) is 11.6. The van der Waals surface area contributed by atoms with E-state index < -0.39 is 4.92 Å². The molecule has 22 heavy (non-hydrogen) atoms. The number of nitro groups is 1. The van der Waals surface area contributed by atoms with E-state index >= 15 is 0 Å². The largest absolute Gasteiger partial charge is 0.872 e. The van der Waals surface area contributed by atoms with Crippen LogP contribution in [0.3, 0.4) is 0 Å². The lowest BCUT2D eigenvalue weighted by Crippen LogP contribution is -1.99. The van der Waals surface area contributed by atoms with E-state index in [1.807, 2.05) is 12.1 Å². The molecule has 0 aliphatic carbocycles. The molecule has 0 N–H and O–H groups in total. The summed E-state index contributed by atoms with van der Waals surface area (Å²) in [5.41, 5.74) is 1.95. The van der Waals surface area contributed by atoms with E-state index in [4.69, 9.17) is 0 Å². The Balaban J connectivity index is 2.27. The van der Waals surface area contributed by atoms with Gasteiger partial charge < -0.3 is 5.11 Å². The van der Waals surface area contributed by atoms with E-state index in [0.717, 1.165) is 0 Å². The van der Waals surface area contributed by atoms with E-state index in [9.17, 15) is 15.2 Å². The monoisotopic (exact) mass is 290 g/mol. The van der Waals surface area contributed by atoms with Crippen LogP contribution in [0.4, 0.5) is 5.69 Å². The van der Waals surface area contributed by atoms with Crippen LogP contribution in [0.25, 0.3) is 22.3 Å². The van der Waals surface area contributed by atoms with Gasteiger partial charge in [0, 0.05) is 12.1 Å². The summed E-state index contributed by atoms with van der Waals surface area (Å²) in [5, 5.41) is 23.9. The molecule has 3 aromatic rings. The molecule has 0 amide bonds. The van der Waals surface area contributed by atoms with Gasteiger partial charge in [0.05, 0.1) is 4.92 Å². The highest BCUT2D eigenvalue weighted by molar-refractivity contribution is 5.84. The summed E-state index contributed by atoms with van der Waals surface area (Å²) < 4.78 is 0. The lowest BCUT2D eigenvalue weighted by molar-refractivity contribution is -0.385. The number of nitrogens with zero attached hydrogens (tertiary/aromatic N) is 1. The summed E-state index contributed by atoms with van der Waals surface area (Å²) in [4.78, 5) is 10.7. The molecular formula is C18H12NO3-. The van der Waals surface area contributed by atoms with Crippen LogP contribution in [-0.4, -0.2) is 4.92 Å². The van der Waals surface area contributed by atoms with Crippen LogP contribution in [0, 0.1) is 10.1 Å². The van der Waals surface area contributed by atoms with E-state index in [-0.39, 0.29) is 11.4 Å². The van der Waals surface area contributed by atoms with Gasteiger partial charge >= 0.3 is 0 Å². The Labute approximate surface area is 127 Å². The molecule has 0 bridgehead atoms. The predicted octanol–water partition coefficient (Wildman–Crippen LogP) is 4.00. The summed E-state index contributed by atoms with van der Waals surface area (Å²) in [6, 6.07) is 20.6. The van der Waals surface area contributed by atoms with Crippen LogP contribution in [0.5, 0.6) is 5.75 Å². The summed E-state index contributed by atoms with van der Waals surface area (Å²) >= 11 is 0. The number of non-ortho nitro benzene ring substituents is 1. The maximum Gasteiger partial charge on any atom is 0.270 e. The Morgan fingerprint density at radius 2 is 1.14 bits per heavy atom. The molecule has 3 aromatic carbocycles. The van der Waals surface area contributed by atoms with Gasteiger partial charge in [-0.25, -0.2) is 0 Å². The van der Waals surface area contributed by atoms with Gasteiger partial charge in [-0.3, -0.25) is 10.1 Å². The normalized spacial score (nSPS) is 10.4. The Hall–Kier alpha value is -3.14. The number of hydrogen-bond donors (Lipinski definition) is 0. The molecule has 0 fully saturated rings. The maximum absolute atomic E-state index is 12.7. The Morgan fingerprint density at radius 1 is 0.727 bits per heavy atom. The van der Waals surface area contributed by atoms with Crippen molar-refractivity contribution < 1.29 is 10.0 Å². The first-order chi connectivity index (χ1) is 10.7. The van der Waals surface area contributed by atoms with E-state index in [2.05, 4.69) is 0 Å². The topological polar surface area (TPSA) is 66.2 Å². The molecule has 0 radical (unpaired) electrons. The molecule has 4 nitrogen and oxygen atoms in total. The Bertz CT molecular complexity index is 754. The highest BCUT2D eigenvalue weighted by Gasteiger charge is 2.13. The van der Waals surface area contributed by atoms with Gasteiger partial charge in [0.25, 0.3) is 5.69 Å². The van der Waals surface area contributed by atoms with E-state index in [1.54, 1.807) is 48.5 Å². The van der Waals surface area contributed by atoms with Gasteiger partial charge in [-0.1, -0.05) is 66.4 Å². The first-order valence-electron chi connectivity index (χ1n) is 6.77. The van der Waals surface area contributed by atoms with Crippen molar-refractivity contribution in [3.63, 3.8) is 0 Å². The van der Waals surface area contributed by atoms with Crippen LogP contribution < -0.4 is 5.11 Å². The highest BCUT2D eigenvalue weighted by atomic mass is 16.6. The molecule has 108 valence electrons. The highest BCUT2D eigenvalue weighted by Crippen LogP contribution is 2.39. The fraction of sp³-hybridized carbons (Fsp3) is 0. The number of benzene rings is 3. The number of rotatable bonds is 3. The van der Waals surface area contributed by atoms with E-state index in [1.165, 1.54) is 12.1 Å². The van der Waals surface area contributed by atoms with Gasteiger partial charge in [0.1, 0.15) is 0 Å². The van der Waals surface area contributed by atoms with Crippen LogP contribution in [-0.2, 0) is 0 Å². The van der Waals surface area contributed by atoms with Gasteiger partial charge in [0.15, 0.2) is 0 Å². The summed E-state index contributed by atoms with van der Waals surface area (Å²) in [6.07, 6.45) is 0. The third-order valence-corrected chi connectivity index (χ3v) is 3.45. The van der Waals surface area contributed by atoms with Gasteiger partial charge in [-0.05, 0) is 22.3 Å². The van der Waals surface area contributed by atoms with Crippen molar-refractivity contribution in [2.75, 3.05) is 0 Å². The van der Waals surface area contributed by atoms with Crippen molar-refractivity contribution in [2.24, 2.45) is 0 Å². The van der Waals surface area contributed by atoms with Crippen molar-refractivity contribution in [3.05, 3.63) is 82.9 Å². The second-order valence-electron chi connectivity index (χ2n) is 4.86. The fourth-order valence-corrected chi connectivity index (χ4v) is 2.38. The average Bonchev–Trinajstić information content (AvgIpc) is 2.56. The Morgan fingerprint density at radius 3 is 1.50 bits per heavy atom. The molecule has 0 saturated carbocycles. The van der Waals surface area contributed by atoms with Crippen LogP contribution in [0.2, 0.25) is 0 Å². The second-order valence-corrected chi connectivity index (χ2v) is 4.86. The molecule has 0 unspecified atom stereocenters. The lowest BCUT2D eigenvalue weighted by atomic mass is 9.96. The van der Waals surface area contributed by atoms with Crippen molar-refractivity contribution >= 4 is 5.69 Å². The summed E-state index contributed by atoms with van der Waals surface area (Å²) in [7, 11) is 0. The van der Waals surface area contributed by atoms with Gasteiger partial charge in [-0.2, -0.15) is 0 Å². The molecule has 0 heterocycles. The van der Waals surface area contributed by atoms with Crippen molar-refractivity contribution in [1.82, 2.24) is 0 Å². The maximum atomic E-state index is 12.7. The molecule has 0 spiro atoms. The van der Waals surface area contributed by atoms with Crippen LogP contribution in [0.15, 0.2) is 72.8 Å². The Kier molecular flexibility index (Phi) is 3.58. The quantitative estimate of drug-likeness (QED) is 0.541. The van der Waals surface area contributed by atoms with E-state index in [0.29, 0.717) is 22.3 Å². The first kappa shape index (κ1) is 13.8. The predicted molar refractivity (Wildman–Crippen MR) is 83.4 cm³/mol. The van der Waals surface area contributed by atoms with Crippen LogP contribution >= 0.6 is 0 Å². The molecular weight excluding hydrogens is 278 g/mol. The first-order valence-corrected chi connectivity index (χ1v) is 6.77. The molecule has 3 rings (SSSR count). The minimum Gasteiger partial charge on any atom is -0.872 e. The molecule has 0 aromatic heterocycles. The molecule has 0 aliphatic rings. The van der Waals surface area contributed by atoms with Crippen molar-refractivity contribution in [1.29, 1.82) is 0 Å². The zero-order chi connectivity index (χ0) is 15.5. The average molecular weight is 290 g/mol. The van der Waals surface area contributed by atoms with Gasteiger partial charge in [-0.15, -0.1) is 0 Å². The van der Waals surface area contributed by atoms with Crippen molar-refractivity contribution in [3.8, 4) is 28.0 Å². The van der Waals surface area contributed by atoms with Crippen LogP contribution in [0.1, 0.15) is 0 Å². The molecule has 0 aliphatic heterocycles. The third kappa shape index (κ3) is 2.54. The second kappa shape index (κ2) is 5.69. The summed E-state index contributed by atoms with van der Waals surface area (Å²) in [6.45, 7) is 0. The number of nitro benzene ring substituents is 1. The fourth-order valence-electron chi connectivity index (χ4n) is 2.38. The number of hydrogen-bond acceptors (Lipinski definition) is 3.